The van der Waals surface area contributed by atoms with Gasteiger partial charge in [0.25, 0.3) is 0 Å². The Morgan fingerprint density at radius 1 is 1.15 bits per heavy atom. The number of carbonyl (C=O) groups is 1. The summed E-state index contributed by atoms with van der Waals surface area (Å²) in [6.07, 6.45) is -0.535. The topological polar surface area (TPSA) is 108 Å². The molecular formula is C29H35N3O6S. The van der Waals surface area contributed by atoms with Gasteiger partial charge in [-0.1, -0.05) is 49.4 Å². The van der Waals surface area contributed by atoms with Gasteiger partial charge in [-0.25, -0.2) is 13.2 Å². The van der Waals surface area contributed by atoms with E-state index >= 15 is 0 Å². The molecule has 4 rings (SSSR count). The summed E-state index contributed by atoms with van der Waals surface area (Å²) in [7, 11) is -0.737. The van der Waals surface area contributed by atoms with Crippen LogP contribution >= 0.6 is 0 Å². The number of ether oxygens (including phenoxy) is 2. The van der Waals surface area contributed by atoms with E-state index in [4.69, 9.17) is 9.47 Å². The Labute approximate surface area is 230 Å². The molecule has 0 unspecified atom stereocenters. The van der Waals surface area contributed by atoms with Crippen molar-refractivity contribution in [3.8, 4) is 22.6 Å². The smallest absolute Gasteiger partial charge is 0.321 e. The summed E-state index contributed by atoms with van der Waals surface area (Å²) in [5, 5.41) is 12.7. The van der Waals surface area contributed by atoms with Gasteiger partial charge in [0.2, 0.25) is 10.0 Å². The van der Waals surface area contributed by atoms with Crippen molar-refractivity contribution < 1.29 is 27.8 Å². The third kappa shape index (κ3) is 6.19. The predicted molar refractivity (Wildman–Crippen MR) is 151 cm³/mol. The number of aliphatic hydroxyl groups is 1. The predicted octanol–water partition coefficient (Wildman–Crippen LogP) is 4.29. The van der Waals surface area contributed by atoms with E-state index in [9.17, 15) is 18.3 Å². The van der Waals surface area contributed by atoms with Crippen LogP contribution in [0.3, 0.4) is 0 Å². The SMILES string of the molecule is COc1ccccc1-c1ccc2c(c1)O[C@H](CN(C)C(=O)Nc1ccccc1)[C@H](C)CN([C@H](C)CO)S2(=O)=O. The van der Waals surface area contributed by atoms with Crippen LogP contribution in [0.15, 0.2) is 77.7 Å². The Morgan fingerprint density at radius 3 is 2.54 bits per heavy atom. The number of carbonyl (C=O) groups excluding carboxylic acids is 1. The molecule has 0 saturated heterocycles. The highest BCUT2D eigenvalue weighted by molar-refractivity contribution is 7.89. The lowest BCUT2D eigenvalue weighted by atomic mass is 10.0. The number of sulfonamides is 1. The number of rotatable bonds is 7. The van der Waals surface area contributed by atoms with Gasteiger partial charge in [0.15, 0.2) is 0 Å². The molecule has 0 spiro atoms. The summed E-state index contributed by atoms with van der Waals surface area (Å²) in [5.41, 5.74) is 2.18. The molecule has 10 heteroatoms. The minimum absolute atomic E-state index is 0.00902. The molecule has 0 radical (unpaired) electrons. The van der Waals surface area contributed by atoms with Crippen LogP contribution < -0.4 is 14.8 Å². The highest BCUT2D eigenvalue weighted by atomic mass is 32.2. The van der Waals surface area contributed by atoms with Gasteiger partial charge in [0.1, 0.15) is 22.5 Å². The van der Waals surface area contributed by atoms with Gasteiger partial charge in [-0.2, -0.15) is 4.31 Å². The number of anilines is 1. The molecule has 0 bridgehead atoms. The first-order valence-corrected chi connectivity index (χ1v) is 14.2. The van der Waals surface area contributed by atoms with Crippen LogP contribution in [0.25, 0.3) is 11.1 Å². The second-order valence-electron chi connectivity index (χ2n) is 9.78. The average molecular weight is 554 g/mol. The monoisotopic (exact) mass is 553 g/mol. The average Bonchev–Trinajstić information content (AvgIpc) is 2.94. The third-order valence-electron chi connectivity index (χ3n) is 6.91. The van der Waals surface area contributed by atoms with Crippen molar-refractivity contribution in [1.82, 2.24) is 9.21 Å². The number of hydrogen-bond donors (Lipinski definition) is 2. The molecule has 3 aromatic rings. The third-order valence-corrected chi connectivity index (χ3v) is 8.93. The maximum Gasteiger partial charge on any atom is 0.321 e. The first-order valence-electron chi connectivity index (χ1n) is 12.8. The Kier molecular flexibility index (Phi) is 8.79. The molecular weight excluding hydrogens is 518 g/mol. The number of methoxy groups -OCH3 is 1. The van der Waals surface area contributed by atoms with Crippen molar-refractivity contribution in [2.24, 2.45) is 5.92 Å². The van der Waals surface area contributed by atoms with E-state index in [1.165, 1.54) is 15.3 Å². The van der Waals surface area contributed by atoms with Crippen molar-refractivity contribution in [2.75, 3.05) is 39.2 Å². The normalized spacial score (nSPS) is 19.5. The fourth-order valence-electron chi connectivity index (χ4n) is 4.59. The molecule has 3 atom stereocenters. The molecule has 1 heterocycles. The lowest BCUT2D eigenvalue weighted by Gasteiger charge is -2.37. The second kappa shape index (κ2) is 12.1. The molecule has 1 aliphatic rings. The number of para-hydroxylation sites is 2. The number of nitrogens with one attached hydrogen (secondary N) is 1. The van der Waals surface area contributed by atoms with E-state index in [0.717, 1.165) is 11.1 Å². The number of aliphatic hydroxyl groups excluding tert-OH is 1. The summed E-state index contributed by atoms with van der Waals surface area (Å²) < 4.78 is 40.8. The van der Waals surface area contributed by atoms with Crippen LogP contribution in [0.5, 0.6) is 11.5 Å². The molecule has 0 fully saturated rings. The second-order valence-corrected chi connectivity index (χ2v) is 11.6. The number of amides is 2. The van der Waals surface area contributed by atoms with Gasteiger partial charge < -0.3 is 24.8 Å². The largest absolute Gasteiger partial charge is 0.496 e. The number of benzene rings is 3. The van der Waals surface area contributed by atoms with E-state index in [0.29, 0.717) is 11.4 Å². The first kappa shape index (κ1) is 28.4. The molecule has 1 aliphatic heterocycles. The zero-order valence-electron chi connectivity index (χ0n) is 22.6. The number of hydrogen-bond acceptors (Lipinski definition) is 6. The molecule has 0 aliphatic carbocycles. The van der Waals surface area contributed by atoms with Crippen LogP contribution in [0.2, 0.25) is 0 Å². The fraction of sp³-hybridized carbons (Fsp3) is 0.345. The Balaban J connectivity index is 1.72. The van der Waals surface area contributed by atoms with Gasteiger partial charge in [0, 0.05) is 36.8 Å². The van der Waals surface area contributed by atoms with Crippen molar-refractivity contribution >= 4 is 21.7 Å². The molecule has 39 heavy (non-hydrogen) atoms. The molecule has 3 aromatic carbocycles. The minimum atomic E-state index is -3.99. The summed E-state index contributed by atoms with van der Waals surface area (Å²) in [6, 6.07) is 20.6. The highest BCUT2D eigenvalue weighted by Crippen LogP contribution is 2.38. The molecule has 208 valence electrons. The molecule has 2 amide bonds. The molecule has 2 N–H and O–H groups in total. The van der Waals surface area contributed by atoms with Gasteiger partial charge in [-0.15, -0.1) is 0 Å². The van der Waals surface area contributed by atoms with Crippen LogP contribution in [0.4, 0.5) is 10.5 Å². The van der Waals surface area contributed by atoms with E-state index in [1.54, 1.807) is 45.3 Å². The Morgan fingerprint density at radius 2 is 1.85 bits per heavy atom. The standard InChI is InChI=1S/C29H35N3O6S/c1-20-17-32(21(2)19-33)39(35,36)28-15-14-22(24-12-8-9-13-25(24)37-4)16-26(28)38-27(20)18-31(3)29(34)30-23-10-6-5-7-11-23/h5-16,20-21,27,33H,17-19H2,1-4H3,(H,30,34)/t20-,21-,27-/m1/s1. The van der Waals surface area contributed by atoms with Crippen LogP contribution in [-0.4, -0.2) is 74.8 Å². The highest BCUT2D eigenvalue weighted by Gasteiger charge is 2.38. The fourth-order valence-corrected chi connectivity index (χ4v) is 6.41. The van der Waals surface area contributed by atoms with E-state index < -0.39 is 22.2 Å². The van der Waals surface area contributed by atoms with Crippen molar-refractivity contribution in [1.29, 1.82) is 0 Å². The first-order chi connectivity index (χ1) is 18.6. The lowest BCUT2D eigenvalue weighted by molar-refractivity contribution is 0.0830. The quantitative estimate of drug-likeness (QED) is 0.452. The number of urea groups is 1. The van der Waals surface area contributed by atoms with Gasteiger partial charge in [-0.3, -0.25) is 0 Å². The van der Waals surface area contributed by atoms with Gasteiger partial charge in [0.05, 0.1) is 20.3 Å². The van der Waals surface area contributed by atoms with Crippen LogP contribution in [0, 0.1) is 5.92 Å². The summed E-state index contributed by atoms with van der Waals surface area (Å²) in [4.78, 5) is 14.5. The number of likely N-dealkylation sites (N-methyl/N-ethyl adjacent to an activating group) is 1. The summed E-state index contributed by atoms with van der Waals surface area (Å²) in [5.74, 6) is 0.523. The lowest BCUT2D eigenvalue weighted by Crippen LogP contribution is -2.50. The van der Waals surface area contributed by atoms with Crippen LogP contribution in [-0.2, 0) is 10.0 Å². The van der Waals surface area contributed by atoms with Gasteiger partial charge >= 0.3 is 6.03 Å². The van der Waals surface area contributed by atoms with Gasteiger partial charge in [-0.05, 0) is 42.8 Å². The molecule has 0 saturated carbocycles. The molecule has 0 aromatic heterocycles. The number of nitrogens with zero attached hydrogens (tertiary/aromatic N) is 2. The van der Waals surface area contributed by atoms with Crippen molar-refractivity contribution in [3.63, 3.8) is 0 Å². The van der Waals surface area contributed by atoms with Crippen LogP contribution in [0.1, 0.15) is 13.8 Å². The maximum absolute atomic E-state index is 13.8. The van der Waals surface area contributed by atoms with E-state index in [-0.39, 0.29) is 42.3 Å². The zero-order valence-corrected chi connectivity index (χ0v) is 23.4. The number of fused-ring (bicyclic) bond motifs is 1. The zero-order chi connectivity index (χ0) is 28.2. The summed E-state index contributed by atoms with van der Waals surface area (Å²) in [6.45, 7) is 3.56. The van der Waals surface area contributed by atoms with E-state index in [1.807, 2.05) is 49.4 Å². The molecule has 9 nitrogen and oxygen atoms in total. The maximum atomic E-state index is 13.8. The van der Waals surface area contributed by atoms with Crippen molar-refractivity contribution in [2.45, 2.75) is 30.9 Å². The Hall–Kier alpha value is -3.60. The van der Waals surface area contributed by atoms with E-state index in [2.05, 4.69) is 5.32 Å². The van der Waals surface area contributed by atoms with Crippen molar-refractivity contribution in [3.05, 3.63) is 72.8 Å². The minimum Gasteiger partial charge on any atom is -0.496 e. The Bertz CT molecular complexity index is 1400. The summed E-state index contributed by atoms with van der Waals surface area (Å²) >= 11 is 0.